The molecule has 154 valence electrons. The van der Waals surface area contributed by atoms with Gasteiger partial charge < -0.3 is 5.32 Å². The molecule has 30 heavy (non-hydrogen) atoms. The third-order valence-electron chi connectivity index (χ3n) is 3.86. The molecule has 11 heteroatoms. The Hall–Kier alpha value is -3.79. The average molecular weight is 428 g/mol. The molecule has 0 saturated heterocycles. The van der Waals surface area contributed by atoms with E-state index in [1.54, 1.807) is 24.3 Å². The molecule has 0 atom stereocenters. The highest BCUT2D eigenvalue weighted by Gasteiger charge is 2.11. The predicted octanol–water partition coefficient (Wildman–Crippen LogP) is 0.961. The van der Waals surface area contributed by atoms with Crippen molar-refractivity contribution in [2.75, 3.05) is 6.54 Å². The van der Waals surface area contributed by atoms with Gasteiger partial charge in [-0.3, -0.25) is 25.2 Å². The number of aromatic nitrogens is 4. The Labute approximate surface area is 176 Å². The monoisotopic (exact) mass is 427 g/mol. The van der Waals surface area contributed by atoms with E-state index in [9.17, 15) is 14.4 Å². The van der Waals surface area contributed by atoms with E-state index in [0.717, 1.165) is 10.4 Å². The van der Waals surface area contributed by atoms with E-state index in [0.29, 0.717) is 16.4 Å². The molecule has 3 amide bonds. The second-order valence-electron chi connectivity index (χ2n) is 6.12. The lowest BCUT2D eigenvalue weighted by atomic mass is 10.2. The first-order valence-electron chi connectivity index (χ1n) is 8.96. The molecular weight excluding hydrogens is 410 g/mol. The summed E-state index contributed by atoms with van der Waals surface area (Å²) in [6.45, 7) is -0.109. The molecule has 0 spiro atoms. The van der Waals surface area contributed by atoms with Crippen LogP contribution < -0.4 is 16.2 Å². The minimum Gasteiger partial charge on any atom is -0.352 e. The fraction of sp³-hybridized carbons (Fsp3) is 0.158. The van der Waals surface area contributed by atoms with Crippen LogP contribution in [0.15, 0.2) is 54.6 Å². The molecule has 10 nitrogen and oxygen atoms in total. The van der Waals surface area contributed by atoms with Gasteiger partial charge in [0.1, 0.15) is 6.54 Å². The third kappa shape index (κ3) is 6.11. The Bertz CT molecular complexity index is 1020. The molecule has 3 aromatic rings. The molecule has 0 fully saturated rings. The lowest BCUT2D eigenvalue weighted by Gasteiger charge is -2.08. The first-order chi connectivity index (χ1) is 14.5. The first kappa shape index (κ1) is 20.9. The van der Waals surface area contributed by atoms with E-state index in [-0.39, 0.29) is 25.4 Å². The maximum Gasteiger partial charge on any atom is 0.262 e. The summed E-state index contributed by atoms with van der Waals surface area (Å²) in [6, 6.07) is 15.6. The van der Waals surface area contributed by atoms with Gasteiger partial charge in [0.2, 0.25) is 11.7 Å². The number of carbonyl (C=O) groups is 3. The van der Waals surface area contributed by atoms with Crippen molar-refractivity contribution in [3.8, 4) is 11.4 Å². The number of nitrogens with one attached hydrogen (secondary N) is 3. The number of hydrazine groups is 1. The van der Waals surface area contributed by atoms with Gasteiger partial charge in [-0.2, -0.15) is 4.80 Å². The number of carbonyl (C=O) groups excluding carboxylic acids is 3. The number of rotatable bonds is 7. The summed E-state index contributed by atoms with van der Waals surface area (Å²) < 4.78 is 0. The summed E-state index contributed by atoms with van der Waals surface area (Å²) in [7, 11) is 0. The van der Waals surface area contributed by atoms with Gasteiger partial charge >= 0.3 is 0 Å². The number of hydrogen-bond acceptors (Lipinski definition) is 6. The van der Waals surface area contributed by atoms with Gasteiger partial charge in [0, 0.05) is 29.1 Å². The molecule has 3 N–H and O–H groups in total. The highest BCUT2D eigenvalue weighted by Crippen LogP contribution is 2.11. The highest BCUT2D eigenvalue weighted by molar-refractivity contribution is 6.30. The van der Waals surface area contributed by atoms with Crippen molar-refractivity contribution < 1.29 is 14.4 Å². The van der Waals surface area contributed by atoms with Gasteiger partial charge in [-0.15, -0.1) is 10.2 Å². The SMILES string of the molecule is O=C(CCNC(=O)c1ccc(Cl)cc1)NNC(=O)Cn1nnc(-c2ccccc2)n1. The fourth-order valence-corrected chi connectivity index (χ4v) is 2.50. The van der Waals surface area contributed by atoms with Crippen LogP contribution in [0.1, 0.15) is 16.8 Å². The summed E-state index contributed by atoms with van der Waals surface area (Å²) in [5.41, 5.74) is 5.74. The highest BCUT2D eigenvalue weighted by atomic mass is 35.5. The number of halogens is 1. The molecule has 0 radical (unpaired) electrons. The van der Waals surface area contributed by atoms with E-state index < -0.39 is 11.8 Å². The Morgan fingerprint density at radius 3 is 2.37 bits per heavy atom. The van der Waals surface area contributed by atoms with Gasteiger partial charge in [-0.1, -0.05) is 41.9 Å². The van der Waals surface area contributed by atoms with Gasteiger partial charge in [-0.05, 0) is 29.5 Å². The number of amides is 3. The second-order valence-corrected chi connectivity index (χ2v) is 6.56. The summed E-state index contributed by atoms with van der Waals surface area (Å²) in [4.78, 5) is 36.8. The minimum absolute atomic E-state index is 0.0145. The lowest BCUT2D eigenvalue weighted by molar-refractivity contribution is -0.129. The van der Waals surface area contributed by atoms with Gasteiger partial charge in [-0.25, -0.2) is 0 Å². The Balaban J connectivity index is 1.36. The molecule has 2 aromatic carbocycles. The van der Waals surface area contributed by atoms with Gasteiger partial charge in [0.05, 0.1) is 0 Å². The molecule has 0 unspecified atom stereocenters. The van der Waals surface area contributed by atoms with Crippen LogP contribution in [-0.2, 0) is 16.1 Å². The van der Waals surface area contributed by atoms with Gasteiger partial charge in [0.25, 0.3) is 11.8 Å². The van der Waals surface area contributed by atoms with Crippen LogP contribution in [0.25, 0.3) is 11.4 Å². The smallest absolute Gasteiger partial charge is 0.262 e. The zero-order valence-corrected chi connectivity index (χ0v) is 16.5. The molecule has 3 rings (SSSR count). The molecule has 0 aliphatic rings. The number of tetrazole rings is 1. The fourth-order valence-electron chi connectivity index (χ4n) is 2.38. The van der Waals surface area contributed by atoms with Crippen molar-refractivity contribution in [1.29, 1.82) is 0 Å². The Morgan fingerprint density at radius 1 is 0.933 bits per heavy atom. The lowest BCUT2D eigenvalue weighted by Crippen LogP contribution is -2.44. The number of nitrogens with zero attached hydrogens (tertiary/aromatic N) is 4. The van der Waals surface area contributed by atoms with Crippen LogP contribution in [0.5, 0.6) is 0 Å². The zero-order chi connectivity index (χ0) is 21.3. The average Bonchev–Trinajstić information content (AvgIpc) is 3.22. The maximum atomic E-state index is 11.9. The van der Waals surface area contributed by atoms with Crippen molar-refractivity contribution in [2.45, 2.75) is 13.0 Å². The van der Waals surface area contributed by atoms with Crippen molar-refractivity contribution in [3.05, 3.63) is 65.2 Å². The quantitative estimate of drug-likeness (QED) is 0.481. The molecule has 0 saturated carbocycles. The summed E-state index contributed by atoms with van der Waals surface area (Å²) >= 11 is 5.77. The number of hydrogen-bond donors (Lipinski definition) is 3. The molecule has 0 bridgehead atoms. The molecular formula is C19H18ClN7O3. The second kappa shape index (κ2) is 10.1. The van der Waals surface area contributed by atoms with Crippen molar-refractivity contribution >= 4 is 29.3 Å². The van der Waals surface area contributed by atoms with Crippen LogP contribution in [0.2, 0.25) is 5.02 Å². The standard InChI is InChI=1S/C19H18ClN7O3/c20-15-8-6-14(7-9-15)19(30)21-11-10-16(28)22-23-17(29)12-27-25-18(24-26-27)13-4-2-1-3-5-13/h1-9H,10-12H2,(H,21,30)(H,22,28)(H,23,29). The minimum atomic E-state index is -0.523. The maximum absolute atomic E-state index is 11.9. The van der Waals surface area contributed by atoms with Crippen molar-refractivity contribution in [2.24, 2.45) is 0 Å². The zero-order valence-electron chi connectivity index (χ0n) is 15.7. The Morgan fingerprint density at radius 2 is 1.63 bits per heavy atom. The van der Waals surface area contributed by atoms with Crippen LogP contribution in [-0.4, -0.2) is 44.5 Å². The first-order valence-corrected chi connectivity index (χ1v) is 9.34. The molecule has 0 aliphatic heterocycles. The summed E-state index contributed by atoms with van der Waals surface area (Å²) in [6.07, 6.45) is -0.0145. The summed E-state index contributed by atoms with van der Waals surface area (Å²) in [5, 5.41) is 14.9. The molecule has 1 aromatic heterocycles. The largest absolute Gasteiger partial charge is 0.352 e. The van der Waals surface area contributed by atoms with Crippen molar-refractivity contribution in [1.82, 2.24) is 36.4 Å². The van der Waals surface area contributed by atoms with E-state index >= 15 is 0 Å². The molecule has 1 heterocycles. The van der Waals surface area contributed by atoms with E-state index in [1.807, 2.05) is 30.3 Å². The van der Waals surface area contributed by atoms with E-state index in [1.165, 1.54) is 0 Å². The van der Waals surface area contributed by atoms with Crippen LogP contribution in [0.4, 0.5) is 0 Å². The van der Waals surface area contributed by atoms with Crippen LogP contribution in [0.3, 0.4) is 0 Å². The normalized spacial score (nSPS) is 10.3. The summed E-state index contributed by atoms with van der Waals surface area (Å²) in [5.74, 6) is -0.916. The van der Waals surface area contributed by atoms with Gasteiger partial charge in [0.15, 0.2) is 0 Å². The predicted molar refractivity (Wildman–Crippen MR) is 108 cm³/mol. The van der Waals surface area contributed by atoms with E-state index in [4.69, 9.17) is 11.6 Å². The topological polar surface area (TPSA) is 131 Å². The van der Waals surface area contributed by atoms with E-state index in [2.05, 4.69) is 31.6 Å². The van der Waals surface area contributed by atoms with Crippen molar-refractivity contribution in [3.63, 3.8) is 0 Å². The number of benzene rings is 2. The third-order valence-corrected chi connectivity index (χ3v) is 4.11. The molecule has 0 aliphatic carbocycles. The van der Waals surface area contributed by atoms with Crippen LogP contribution >= 0.6 is 11.6 Å². The Kier molecular flexibility index (Phi) is 7.06. The van der Waals surface area contributed by atoms with Crippen LogP contribution in [0, 0.1) is 0 Å².